The van der Waals surface area contributed by atoms with E-state index in [4.69, 9.17) is 9.26 Å². The number of aryl methyl sites for hydroxylation is 1. The normalized spacial score (nSPS) is 10.8. The maximum absolute atomic E-state index is 5.68. The molecule has 0 atom stereocenters. The Morgan fingerprint density at radius 1 is 1.29 bits per heavy atom. The van der Waals surface area contributed by atoms with Crippen molar-refractivity contribution in [1.82, 2.24) is 14.7 Å². The van der Waals surface area contributed by atoms with Gasteiger partial charge in [0, 0.05) is 18.5 Å². The van der Waals surface area contributed by atoms with Gasteiger partial charge in [0.15, 0.2) is 5.76 Å². The lowest BCUT2D eigenvalue weighted by Gasteiger charge is -2.11. The van der Waals surface area contributed by atoms with Crippen molar-refractivity contribution < 1.29 is 9.26 Å². The van der Waals surface area contributed by atoms with E-state index in [9.17, 15) is 0 Å². The quantitative estimate of drug-likeness (QED) is 0.721. The third kappa shape index (κ3) is 2.81. The van der Waals surface area contributed by atoms with Crippen LogP contribution in [0.25, 0.3) is 11.4 Å². The molecule has 0 aliphatic heterocycles. The predicted molar refractivity (Wildman–Crippen MR) is 79.2 cm³/mol. The number of ether oxygens (including phenoxy) is 1. The molecule has 0 unspecified atom stereocenters. The van der Waals surface area contributed by atoms with Crippen molar-refractivity contribution in [3.8, 4) is 17.1 Å². The number of para-hydroxylation sites is 1. The van der Waals surface area contributed by atoms with Crippen LogP contribution in [-0.2, 0) is 6.54 Å². The second kappa shape index (κ2) is 5.83. The van der Waals surface area contributed by atoms with Gasteiger partial charge in [0.25, 0.3) is 0 Å². The van der Waals surface area contributed by atoms with E-state index in [1.54, 1.807) is 6.20 Å². The molecule has 0 saturated carbocycles. The van der Waals surface area contributed by atoms with Gasteiger partial charge in [-0.05, 0) is 26.0 Å². The van der Waals surface area contributed by atoms with Crippen molar-refractivity contribution in [3.63, 3.8) is 0 Å². The monoisotopic (exact) mass is 283 g/mol. The summed E-state index contributed by atoms with van der Waals surface area (Å²) in [6.45, 7) is 5.10. The molecule has 2 heterocycles. The molecule has 21 heavy (non-hydrogen) atoms. The molecule has 2 aromatic heterocycles. The molecular weight excluding hydrogens is 266 g/mol. The third-order valence-corrected chi connectivity index (χ3v) is 3.15. The smallest absolute Gasteiger partial charge is 0.156 e. The molecule has 0 aliphatic carbocycles. The summed E-state index contributed by atoms with van der Waals surface area (Å²) in [5.74, 6) is 2.50. The van der Waals surface area contributed by atoms with Crippen molar-refractivity contribution in [2.24, 2.45) is 0 Å². The van der Waals surface area contributed by atoms with E-state index in [2.05, 4.69) is 10.1 Å². The van der Waals surface area contributed by atoms with Crippen LogP contribution in [-0.4, -0.2) is 21.3 Å². The van der Waals surface area contributed by atoms with Gasteiger partial charge in [-0.3, -0.25) is 0 Å². The Balaban J connectivity index is 1.95. The number of imidazole rings is 1. The van der Waals surface area contributed by atoms with Gasteiger partial charge < -0.3 is 13.8 Å². The van der Waals surface area contributed by atoms with Gasteiger partial charge >= 0.3 is 0 Å². The Labute approximate surface area is 123 Å². The average Bonchev–Trinajstić information content (AvgIpc) is 3.10. The van der Waals surface area contributed by atoms with Crippen LogP contribution in [0.4, 0.5) is 0 Å². The number of nitrogens with zero attached hydrogens (tertiary/aromatic N) is 3. The molecular formula is C16H17N3O2. The molecule has 1 aromatic carbocycles. The maximum atomic E-state index is 5.68. The molecule has 3 rings (SSSR count). The van der Waals surface area contributed by atoms with Crippen molar-refractivity contribution in [2.45, 2.75) is 20.4 Å². The van der Waals surface area contributed by atoms with Gasteiger partial charge in [0.2, 0.25) is 0 Å². The first kappa shape index (κ1) is 13.4. The van der Waals surface area contributed by atoms with Crippen LogP contribution < -0.4 is 4.74 Å². The van der Waals surface area contributed by atoms with Crippen molar-refractivity contribution in [3.05, 3.63) is 54.2 Å². The Hall–Kier alpha value is -2.56. The van der Waals surface area contributed by atoms with Gasteiger partial charge in [-0.2, -0.15) is 0 Å². The number of aromatic nitrogens is 3. The van der Waals surface area contributed by atoms with Gasteiger partial charge in [0.05, 0.1) is 24.4 Å². The number of rotatable bonds is 5. The lowest BCUT2D eigenvalue weighted by Crippen LogP contribution is -2.02. The van der Waals surface area contributed by atoms with E-state index in [1.807, 2.05) is 54.9 Å². The topological polar surface area (TPSA) is 53.1 Å². The highest BCUT2D eigenvalue weighted by Crippen LogP contribution is 2.29. The highest BCUT2D eigenvalue weighted by Gasteiger charge is 2.13. The van der Waals surface area contributed by atoms with Crippen LogP contribution in [0.3, 0.4) is 0 Å². The maximum Gasteiger partial charge on any atom is 0.156 e. The number of benzene rings is 1. The van der Waals surface area contributed by atoms with Crippen LogP contribution >= 0.6 is 0 Å². The van der Waals surface area contributed by atoms with E-state index in [0.29, 0.717) is 13.2 Å². The Morgan fingerprint density at radius 3 is 2.90 bits per heavy atom. The number of hydrogen-bond acceptors (Lipinski definition) is 4. The zero-order valence-corrected chi connectivity index (χ0v) is 12.1. The van der Waals surface area contributed by atoms with Crippen molar-refractivity contribution >= 4 is 0 Å². The Morgan fingerprint density at radius 2 is 2.14 bits per heavy atom. The van der Waals surface area contributed by atoms with Crippen LogP contribution in [0, 0.1) is 6.92 Å². The van der Waals surface area contributed by atoms with Gasteiger partial charge in [0.1, 0.15) is 11.6 Å². The average molecular weight is 283 g/mol. The molecule has 0 bridgehead atoms. The molecule has 5 heteroatoms. The molecule has 0 amide bonds. The van der Waals surface area contributed by atoms with Crippen LogP contribution in [0.5, 0.6) is 5.75 Å². The Kier molecular flexibility index (Phi) is 3.73. The summed E-state index contributed by atoms with van der Waals surface area (Å²) in [5.41, 5.74) is 1.85. The minimum Gasteiger partial charge on any atom is -0.493 e. The highest BCUT2D eigenvalue weighted by molar-refractivity contribution is 5.64. The third-order valence-electron chi connectivity index (χ3n) is 3.15. The fourth-order valence-corrected chi connectivity index (χ4v) is 2.27. The lowest BCUT2D eigenvalue weighted by molar-refractivity contribution is 0.341. The standard InChI is InChI=1S/C16H17N3O2/c1-3-20-15-7-5-4-6-14(15)16-17-8-9-19(16)11-13-10-12(2)18-21-13/h4-10H,3,11H2,1-2H3. The van der Waals surface area contributed by atoms with E-state index in [-0.39, 0.29) is 0 Å². The van der Waals surface area contributed by atoms with Crippen LogP contribution in [0.2, 0.25) is 0 Å². The van der Waals surface area contributed by atoms with Gasteiger partial charge in [-0.1, -0.05) is 17.3 Å². The fraction of sp³-hybridized carbons (Fsp3) is 0.250. The molecule has 108 valence electrons. The predicted octanol–water partition coefficient (Wildman–Crippen LogP) is 3.29. The van der Waals surface area contributed by atoms with Gasteiger partial charge in [-0.25, -0.2) is 4.98 Å². The first-order chi connectivity index (χ1) is 10.3. The van der Waals surface area contributed by atoms with Crippen LogP contribution in [0.15, 0.2) is 47.2 Å². The molecule has 0 radical (unpaired) electrons. The summed E-state index contributed by atoms with van der Waals surface area (Å²) in [4.78, 5) is 4.45. The minimum atomic E-state index is 0.594. The van der Waals surface area contributed by atoms with Crippen molar-refractivity contribution in [2.75, 3.05) is 6.61 Å². The summed E-state index contributed by atoms with van der Waals surface area (Å²) in [6.07, 6.45) is 3.71. The molecule has 0 N–H and O–H groups in total. The second-order valence-corrected chi connectivity index (χ2v) is 4.74. The van der Waals surface area contributed by atoms with E-state index in [1.165, 1.54) is 0 Å². The number of hydrogen-bond donors (Lipinski definition) is 0. The van der Waals surface area contributed by atoms with Gasteiger partial charge in [-0.15, -0.1) is 0 Å². The lowest BCUT2D eigenvalue weighted by atomic mass is 10.2. The van der Waals surface area contributed by atoms with E-state index >= 15 is 0 Å². The Bertz CT molecular complexity index is 730. The fourth-order valence-electron chi connectivity index (χ4n) is 2.27. The van der Waals surface area contributed by atoms with E-state index < -0.39 is 0 Å². The highest BCUT2D eigenvalue weighted by atomic mass is 16.5. The van der Waals surface area contributed by atoms with E-state index in [0.717, 1.165) is 28.6 Å². The summed E-state index contributed by atoms with van der Waals surface area (Å²) >= 11 is 0. The molecule has 0 spiro atoms. The molecule has 0 saturated heterocycles. The second-order valence-electron chi connectivity index (χ2n) is 4.74. The molecule has 5 nitrogen and oxygen atoms in total. The summed E-state index contributed by atoms with van der Waals surface area (Å²) in [5, 5.41) is 3.91. The zero-order valence-electron chi connectivity index (χ0n) is 12.1. The summed E-state index contributed by atoms with van der Waals surface area (Å²) < 4.78 is 13.0. The summed E-state index contributed by atoms with van der Waals surface area (Å²) in [7, 11) is 0. The summed E-state index contributed by atoms with van der Waals surface area (Å²) in [6, 6.07) is 9.83. The van der Waals surface area contributed by atoms with Crippen LogP contribution in [0.1, 0.15) is 18.4 Å². The van der Waals surface area contributed by atoms with Crippen molar-refractivity contribution in [1.29, 1.82) is 0 Å². The SMILES string of the molecule is CCOc1ccccc1-c1nccn1Cc1cc(C)no1. The molecule has 0 aliphatic rings. The first-order valence-corrected chi connectivity index (χ1v) is 6.93. The molecule has 0 fully saturated rings. The first-order valence-electron chi connectivity index (χ1n) is 6.93. The largest absolute Gasteiger partial charge is 0.493 e. The minimum absolute atomic E-state index is 0.594. The zero-order chi connectivity index (χ0) is 14.7. The molecule has 3 aromatic rings.